The molecule has 0 aliphatic carbocycles. The van der Waals surface area contributed by atoms with Crippen LogP contribution >= 0.6 is 0 Å². The Morgan fingerprint density at radius 3 is 2.42 bits per heavy atom. The Balaban J connectivity index is 2.04. The molecule has 0 saturated heterocycles. The zero-order valence-electron chi connectivity index (χ0n) is 15.7. The molecule has 0 atom stereocenters. The summed E-state index contributed by atoms with van der Waals surface area (Å²) in [5.41, 5.74) is 4.27. The van der Waals surface area contributed by atoms with E-state index in [1.165, 1.54) is 0 Å². The van der Waals surface area contributed by atoms with E-state index in [1.54, 1.807) is 6.07 Å². The summed E-state index contributed by atoms with van der Waals surface area (Å²) in [4.78, 5) is 12.9. The maximum absolute atomic E-state index is 10.6. The quantitative estimate of drug-likeness (QED) is 0.386. The first-order chi connectivity index (χ1) is 12.5. The molecule has 0 aromatic heterocycles. The van der Waals surface area contributed by atoms with Crippen LogP contribution in [0.3, 0.4) is 0 Å². The van der Waals surface area contributed by atoms with Gasteiger partial charge in [0.2, 0.25) is 0 Å². The van der Waals surface area contributed by atoms with Gasteiger partial charge in [-0.3, -0.25) is 0 Å². The summed E-state index contributed by atoms with van der Waals surface area (Å²) < 4.78 is 0. The lowest BCUT2D eigenvalue weighted by Gasteiger charge is -2.16. The van der Waals surface area contributed by atoms with Crippen LogP contribution in [-0.4, -0.2) is 49.5 Å². The number of aldehydes is 1. The Bertz CT molecular complexity index is 716. The van der Waals surface area contributed by atoms with Crippen LogP contribution in [0, 0.1) is 6.92 Å². The minimum atomic E-state index is 0.187. The average molecular weight is 356 g/mol. The first kappa shape index (κ1) is 19.6. The number of hydrogen-bond acceptors (Lipinski definition) is 6. The van der Waals surface area contributed by atoms with E-state index in [0.29, 0.717) is 5.69 Å². The molecule has 2 rings (SSSR count). The number of phenols is 1. The Morgan fingerprint density at radius 2 is 1.77 bits per heavy atom. The molecule has 140 valence electrons. The van der Waals surface area contributed by atoms with Crippen LogP contribution in [0.25, 0.3) is 0 Å². The van der Waals surface area contributed by atoms with Gasteiger partial charge in [0.05, 0.1) is 17.9 Å². The fourth-order valence-electron chi connectivity index (χ4n) is 2.47. The SMILES string of the molecule is CCN(C)CCNc1ccc(Nc2cc(C)c(O)cc2NCC=O)cc1. The van der Waals surface area contributed by atoms with Gasteiger partial charge in [-0.05, 0) is 56.4 Å². The van der Waals surface area contributed by atoms with Crippen molar-refractivity contribution in [2.24, 2.45) is 0 Å². The summed E-state index contributed by atoms with van der Waals surface area (Å²) in [6, 6.07) is 11.5. The predicted octanol–water partition coefficient (Wildman–Crippen LogP) is 3.42. The lowest BCUT2D eigenvalue weighted by Crippen LogP contribution is -2.24. The lowest BCUT2D eigenvalue weighted by molar-refractivity contribution is -0.106. The fourth-order valence-corrected chi connectivity index (χ4v) is 2.47. The Hall–Kier alpha value is -2.73. The number of rotatable bonds is 10. The van der Waals surface area contributed by atoms with Gasteiger partial charge in [-0.15, -0.1) is 0 Å². The predicted molar refractivity (Wildman–Crippen MR) is 109 cm³/mol. The number of phenolic OH excluding ortho intramolecular Hbond substituents is 1. The maximum atomic E-state index is 10.6. The minimum absolute atomic E-state index is 0.187. The molecule has 26 heavy (non-hydrogen) atoms. The van der Waals surface area contributed by atoms with Crippen LogP contribution in [0.4, 0.5) is 22.7 Å². The maximum Gasteiger partial charge on any atom is 0.139 e. The molecular formula is C20H28N4O2. The van der Waals surface area contributed by atoms with Crippen LogP contribution in [0.1, 0.15) is 12.5 Å². The van der Waals surface area contributed by atoms with Crippen molar-refractivity contribution in [2.75, 3.05) is 49.2 Å². The first-order valence-electron chi connectivity index (χ1n) is 8.84. The molecular weight excluding hydrogens is 328 g/mol. The standard InChI is InChI=1S/C20H28N4O2/c1-4-24(3)11-9-21-16-5-7-17(8-6-16)23-19-13-15(2)20(26)14-18(19)22-10-12-25/h5-8,12-14,21-23,26H,4,9-11H2,1-3H3. The number of benzene rings is 2. The molecule has 0 spiro atoms. The van der Waals surface area contributed by atoms with Gasteiger partial charge in [0, 0.05) is 30.5 Å². The molecule has 4 N–H and O–H groups in total. The Morgan fingerprint density at radius 1 is 1.08 bits per heavy atom. The van der Waals surface area contributed by atoms with Crippen LogP contribution < -0.4 is 16.0 Å². The highest BCUT2D eigenvalue weighted by Gasteiger charge is 2.07. The van der Waals surface area contributed by atoms with Crippen molar-refractivity contribution in [1.29, 1.82) is 0 Å². The summed E-state index contributed by atoms with van der Waals surface area (Å²) in [6.07, 6.45) is 0.789. The van der Waals surface area contributed by atoms with Gasteiger partial charge in [0.15, 0.2) is 0 Å². The number of carbonyl (C=O) groups excluding carboxylic acids is 1. The smallest absolute Gasteiger partial charge is 0.139 e. The summed E-state index contributed by atoms with van der Waals surface area (Å²) in [7, 11) is 2.10. The molecule has 0 saturated carbocycles. The van der Waals surface area contributed by atoms with Crippen LogP contribution in [0.5, 0.6) is 5.75 Å². The zero-order valence-corrected chi connectivity index (χ0v) is 15.7. The molecule has 0 radical (unpaired) electrons. The van der Waals surface area contributed by atoms with Gasteiger partial charge in [-0.2, -0.15) is 0 Å². The number of carbonyl (C=O) groups is 1. The van der Waals surface area contributed by atoms with Crippen molar-refractivity contribution in [2.45, 2.75) is 13.8 Å². The fraction of sp³-hybridized carbons (Fsp3) is 0.350. The molecule has 0 amide bonds. The van der Waals surface area contributed by atoms with E-state index in [-0.39, 0.29) is 12.3 Å². The van der Waals surface area contributed by atoms with Gasteiger partial charge in [-0.25, -0.2) is 0 Å². The van der Waals surface area contributed by atoms with Crippen molar-refractivity contribution in [3.05, 3.63) is 42.0 Å². The first-order valence-corrected chi connectivity index (χ1v) is 8.84. The van der Waals surface area contributed by atoms with E-state index >= 15 is 0 Å². The van der Waals surface area contributed by atoms with E-state index in [4.69, 9.17) is 0 Å². The molecule has 0 fully saturated rings. The second kappa shape index (κ2) is 9.68. The number of nitrogens with zero attached hydrogens (tertiary/aromatic N) is 1. The number of anilines is 4. The summed E-state index contributed by atoms with van der Waals surface area (Å²) in [5.74, 6) is 0.195. The van der Waals surface area contributed by atoms with Crippen molar-refractivity contribution >= 4 is 29.0 Å². The summed E-state index contributed by atoms with van der Waals surface area (Å²) in [6.45, 7) is 7.10. The molecule has 0 heterocycles. The van der Waals surface area contributed by atoms with Crippen molar-refractivity contribution in [3.8, 4) is 5.75 Å². The van der Waals surface area contributed by atoms with E-state index in [9.17, 15) is 9.90 Å². The van der Waals surface area contributed by atoms with Gasteiger partial charge < -0.3 is 30.8 Å². The average Bonchev–Trinajstić information content (AvgIpc) is 2.64. The topological polar surface area (TPSA) is 76.6 Å². The van der Waals surface area contributed by atoms with E-state index in [1.807, 2.05) is 37.3 Å². The molecule has 0 bridgehead atoms. The molecule has 2 aromatic carbocycles. The largest absolute Gasteiger partial charge is 0.508 e. The molecule has 6 nitrogen and oxygen atoms in total. The number of hydrogen-bond donors (Lipinski definition) is 4. The van der Waals surface area contributed by atoms with Gasteiger partial charge >= 0.3 is 0 Å². The van der Waals surface area contributed by atoms with Crippen LogP contribution in [0.15, 0.2) is 36.4 Å². The highest BCUT2D eigenvalue weighted by atomic mass is 16.3. The van der Waals surface area contributed by atoms with Crippen LogP contribution in [-0.2, 0) is 4.79 Å². The molecule has 0 unspecified atom stereocenters. The third kappa shape index (κ3) is 5.67. The summed E-state index contributed by atoms with van der Waals surface area (Å²) >= 11 is 0. The van der Waals surface area contributed by atoms with Crippen LogP contribution in [0.2, 0.25) is 0 Å². The monoisotopic (exact) mass is 356 g/mol. The number of aryl methyl sites for hydroxylation is 1. The van der Waals surface area contributed by atoms with Crippen molar-refractivity contribution in [1.82, 2.24) is 4.90 Å². The third-order valence-corrected chi connectivity index (χ3v) is 4.24. The molecule has 0 aliphatic heterocycles. The van der Waals surface area contributed by atoms with Gasteiger partial charge in [-0.1, -0.05) is 6.92 Å². The lowest BCUT2D eigenvalue weighted by atomic mass is 10.1. The number of nitrogens with one attached hydrogen (secondary N) is 3. The van der Waals surface area contributed by atoms with E-state index < -0.39 is 0 Å². The third-order valence-electron chi connectivity index (χ3n) is 4.24. The summed E-state index contributed by atoms with van der Waals surface area (Å²) in [5, 5.41) is 19.6. The van der Waals surface area contributed by atoms with E-state index in [2.05, 4.69) is 34.8 Å². The highest BCUT2D eigenvalue weighted by Crippen LogP contribution is 2.32. The van der Waals surface area contributed by atoms with E-state index in [0.717, 1.165) is 48.5 Å². The highest BCUT2D eigenvalue weighted by molar-refractivity contribution is 5.78. The van der Waals surface area contributed by atoms with Gasteiger partial charge in [0.25, 0.3) is 0 Å². The Labute approximate surface area is 155 Å². The minimum Gasteiger partial charge on any atom is -0.508 e. The normalized spacial score (nSPS) is 10.6. The Kier molecular flexibility index (Phi) is 7.29. The molecule has 2 aromatic rings. The van der Waals surface area contributed by atoms with Gasteiger partial charge in [0.1, 0.15) is 12.0 Å². The van der Waals surface area contributed by atoms with Crippen molar-refractivity contribution in [3.63, 3.8) is 0 Å². The number of aromatic hydroxyl groups is 1. The second-order valence-electron chi connectivity index (χ2n) is 6.26. The number of likely N-dealkylation sites (N-methyl/N-ethyl adjacent to an activating group) is 1. The van der Waals surface area contributed by atoms with Crippen molar-refractivity contribution < 1.29 is 9.90 Å². The zero-order chi connectivity index (χ0) is 18.9. The second-order valence-corrected chi connectivity index (χ2v) is 6.26. The molecule has 6 heteroatoms. The molecule has 0 aliphatic rings.